The fraction of sp³-hybridized carbons (Fsp3) is 0.308. The molecule has 106 valence electrons. The summed E-state index contributed by atoms with van der Waals surface area (Å²) in [7, 11) is -3.71. The largest absolute Gasteiger partial charge is 0.358 e. The highest BCUT2D eigenvalue weighted by atomic mass is 35.5. The third-order valence-corrected chi connectivity index (χ3v) is 5.02. The van der Waals surface area contributed by atoms with Gasteiger partial charge in [-0.25, -0.2) is 8.42 Å². The van der Waals surface area contributed by atoms with Gasteiger partial charge < -0.3 is 4.52 Å². The summed E-state index contributed by atoms with van der Waals surface area (Å²) in [6.45, 7) is 1.61. The maximum atomic E-state index is 12.3. The highest BCUT2D eigenvalue weighted by molar-refractivity contribution is 7.92. The maximum absolute atomic E-state index is 12.3. The fourth-order valence-electron chi connectivity index (χ4n) is 1.96. The van der Waals surface area contributed by atoms with E-state index in [2.05, 4.69) is 9.88 Å². The number of benzene rings is 1. The number of rotatable bonds is 4. The van der Waals surface area contributed by atoms with Crippen LogP contribution in [0, 0.1) is 6.92 Å². The van der Waals surface area contributed by atoms with Gasteiger partial charge in [0.1, 0.15) is 5.02 Å². The molecule has 1 aromatic carbocycles. The Morgan fingerprint density at radius 1 is 1.40 bits per heavy atom. The predicted octanol–water partition coefficient (Wildman–Crippen LogP) is 3.31. The molecule has 0 atom stereocenters. The second-order valence-corrected chi connectivity index (χ2v) is 6.91. The molecule has 0 saturated heterocycles. The average molecular weight is 313 g/mol. The van der Waals surface area contributed by atoms with Crippen LogP contribution >= 0.6 is 11.6 Å². The SMILES string of the molecule is Cc1onc(NS(=O)(=O)c2cccc(C3CC3)c2)c1Cl. The number of hydrogen-bond acceptors (Lipinski definition) is 4. The molecule has 1 fully saturated rings. The van der Waals surface area contributed by atoms with Crippen LogP contribution in [0.1, 0.15) is 30.1 Å². The molecule has 7 heteroatoms. The van der Waals surface area contributed by atoms with Crippen molar-refractivity contribution >= 4 is 27.4 Å². The minimum absolute atomic E-state index is 0.0148. The topological polar surface area (TPSA) is 72.2 Å². The lowest BCUT2D eigenvalue weighted by atomic mass is 10.1. The summed E-state index contributed by atoms with van der Waals surface area (Å²) in [6, 6.07) is 6.94. The van der Waals surface area contributed by atoms with Gasteiger partial charge in [0.05, 0.1) is 4.90 Å². The van der Waals surface area contributed by atoms with Crippen molar-refractivity contribution in [2.45, 2.75) is 30.6 Å². The van der Waals surface area contributed by atoms with Crippen molar-refractivity contribution < 1.29 is 12.9 Å². The Bertz CT molecular complexity index is 751. The van der Waals surface area contributed by atoms with E-state index in [1.165, 1.54) is 0 Å². The molecular formula is C13H13ClN2O3S. The molecule has 1 aromatic heterocycles. The number of sulfonamides is 1. The molecule has 0 amide bonds. The first kappa shape index (κ1) is 13.5. The third kappa shape index (κ3) is 2.53. The number of nitrogens with zero attached hydrogens (tertiary/aromatic N) is 1. The van der Waals surface area contributed by atoms with Gasteiger partial charge in [0, 0.05) is 0 Å². The lowest BCUT2D eigenvalue weighted by molar-refractivity contribution is 0.400. The third-order valence-electron chi connectivity index (χ3n) is 3.24. The van der Waals surface area contributed by atoms with Crippen LogP contribution in [0.25, 0.3) is 0 Å². The van der Waals surface area contributed by atoms with E-state index in [1.54, 1.807) is 25.1 Å². The van der Waals surface area contributed by atoms with Crippen LogP contribution in [0.5, 0.6) is 0 Å². The van der Waals surface area contributed by atoms with Crippen molar-refractivity contribution in [2.24, 2.45) is 0 Å². The van der Waals surface area contributed by atoms with Crippen molar-refractivity contribution in [3.05, 3.63) is 40.6 Å². The van der Waals surface area contributed by atoms with Crippen LogP contribution in [-0.2, 0) is 10.0 Å². The minimum atomic E-state index is -3.71. The molecule has 3 rings (SSSR count). The summed E-state index contributed by atoms with van der Waals surface area (Å²) in [5.41, 5.74) is 1.05. The second-order valence-electron chi connectivity index (χ2n) is 4.85. The number of anilines is 1. The van der Waals surface area contributed by atoms with Crippen molar-refractivity contribution in [3.8, 4) is 0 Å². The van der Waals surface area contributed by atoms with E-state index < -0.39 is 10.0 Å². The minimum Gasteiger partial charge on any atom is -0.358 e. The van der Waals surface area contributed by atoms with Crippen LogP contribution in [-0.4, -0.2) is 13.6 Å². The van der Waals surface area contributed by atoms with Gasteiger partial charge in [-0.1, -0.05) is 28.9 Å². The molecule has 5 nitrogen and oxygen atoms in total. The molecule has 0 unspecified atom stereocenters. The molecule has 20 heavy (non-hydrogen) atoms. The lowest BCUT2D eigenvalue weighted by Gasteiger charge is -2.07. The van der Waals surface area contributed by atoms with E-state index in [9.17, 15) is 8.42 Å². The van der Waals surface area contributed by atoms with E-state index in [1.807, 2.05) is 6.07 Å². The fourth-order valence-corrected chi connectivity index (χ4v) is 3.20. The molecule has 1 saturated carbocycles. The average Bonchev–Trinajstić information content (AvgIpc) is 3.22. The molecule has 0 aliphatic heterocycles. The summed E-state index contributed by atoms with van der Waals surface area (Å²) in [5, 5.41) is 3.77. The first-order valence-corrected chi connectivity index (χ1v) is 8.08. The monoisotopic (exact) mass is 312 g/mol. The van der Waals surface area contributed by atoms with Crippen LogP contribution in [0.3, 0.4) is 0 Å². The first-order valence-electron chi connectivity index (χ1n) is 6.22. The molecule has 2 aromatic rings. The van der Waals surface area contributed by atoms with Crippen molar-refractivity contribution in [2.75, 3.05) is 4.72 Å². The highest BCUT2D eigenvalue weighted by Crippen LogP contribution is 2.40. The van der Waals surface area contributed by atoms with Gasteiger partial charge in [-0.3, -0.25) is 4.72 Å². The molecule has 0 spiro atoms. The van der Waals surface area contributed by atoms with Gasteiger partial charge >= 0.3 is 0 Å². The van der Waals surface area contributed by atoms with Crippen molar-refractivity contribution in [1.29, 1.82) is 0 Å². The Balaban J connectivity index is 1.91. The number of aryl methyl sites for hydroxylation is 1. The van der Waals surface area contributed by atoms with E-state index in [-0.39, 0.29) is 15.7 Å². The van der Waals surface area contributed by atoms with Crippen LogP contribution in [0.2, 0.25) is 5.02 Å². The normalized spacial score (nSPS) is 15.3. The molecule has 0 radical (unpaired) electrons. The summed E-state index contributed by atoms with van der Waals surface area (Å²) >= 11 is 5.91. The van der Waals surface area contributed by atoms with E-state index in [0.717, 1.165) is 18.4 Å². The van der Waals surface area contributed by atoms with Gasteiger partial charge in [0.15, 0.2) is 5.76 Å². The molecule has 1 aliphatic carbocycles. The second kappa shape index (κ2) is 4.79. The van der Waals surface area contributed by atoms with Gasteiger partial charge in [-0.15, -0.1) is 0 Å². The first-order chi connectivity index (χ1) is 9.47. The molecule has 1 heterocycles. The number of aromatic nitrogens is 1. The van der Waals surface area contributed by atoms with Crippen molar-refractivity contribution in [3.63, 3.8) is 0 Å². The number of halogens is 1. The van der Waals surface area contributed by atoms with Crippen LogP contribution in [0.4, 0.5) is 5.82 Å². The Labute approximate surface area is 122 Å². The quantitative estimate of drug-likeness (QED) is 0.940. The van der Waals surface area contributed by atoms with E-state index >= 15 is 0 Å². The number of hydrogen-bond donors (Lipinski definition) is 1. The molecule has 1 aliphatic rings. The Morgan fingerprint density at radius 2 is 2.15 bits per heavy atom. The van der Waals surface area contributed by atoms with Crippen LogP contribution in [0.15, 0.2) is 33.7 Å². The summed E-state index contributed by atoms with van der Waals surface area (Å²) < 4.78 is 31.8. The highest BCUT2D eigenvalue weighted by Gasteiger charge is 2.26. The zero-order valence-corrected chi connectivity index (χ0v) is 12.3. The zero-order valence-electron chi connectivity index (χ0n) is 10.8. The van der Waals surface area contributed by atoms with E-state index in [0.29, 0.717) is 11.7 Å². The Morgan fingerprint density at radius 3 is 2.75 bits per heavy atom. The Hall–Kier alpha value is -1.53. The lowest BCUT2D eigenvalue weighted by Crippen LogP contribution is -2.13. The zero-order chi connectivity index (χ0) is 14.3. The Kier molecular flexibility index (Phi) is 3.22. The maximum Gasteiger partial charge on any atom is 0.263 e. The standard InChI is InChI=1S/C13H13ClN2O3S/c1-8-12(14)13(15-19-8)16-20(17,18)11-4-2-3-10(7-11)9-5-6-9/h2-4,7,9H,5-6H2,1H3,(H,15,16). The van der Waals surface area contributed by atoms with Gasteiger partial charge in [0.25, 0.3) is 10.0 Å². The van der Waals surface area contributed by atoms with E-state index in [4.69, 9.17) is 16.1 Å². The predicted molar refractivity (Wildman–Crippen MR) is 75.5 cm³/mol. The summed E-state index contributed by atoms with van der Waals surface area (Å²) in [5.74, 6) is 0.875. The van der Waals surface area contributed by atoms with Gasteiger partial charge in [-0.05, 0) is 43.4 Å². The summed E-state index contributed by atoms with van der Waals surface area (Å²) in [6.07, 6.45) is 2.23. The van der Waals surface area contributed by atoms with Crippen LogP contribution < -0.4 is 4.72 Å². The van der Waals surface area contributed by atoms with Gasteiger partial charge in [-0.2, -0.15) is 0 Å². The molecule has 1 N–H and O–H groups in total. The van der Waals surface area contributed by atoms with Gasteiger partial charge in [0.2, 0.25) is 5.82 Å². The molecule has 0 bridgehead atoms. The number of nitrogens with one attached hydrogen (secondary N) is 1. The smallest absolute Gasteiger partial charge is 0.263 e. The summed E-state index contributed by atoms with van der Waals surface area (Å²) in [4.78, 5) is 0.207. The van der Waals surface area contributed by atoms with Crippen molar-refractivity contribution in [1.82, 2.24) is 5.16 Å². The molecular weight excluding hydrogens is 300 g/mol.